The molecule has 1 N–H and O–H groups in total. The van der Waals surface area contributed by atoms with Crippen LogP contribution in [0.1, 0.15) is 37.0 Å². The third kappa shape index (κ3) is 3.74. The second kappa shape index (κ2) is 6.61. The first-order chi connectivity index (χ1) is 9.99. The Hall–Kier alpha value is -2.04. The van der Waals surface area contributed by atoms with Gasteiger partial charge in [0.1, 0.15) is 11.8 Å². The van der Waals surface area contributed by atoms with Crippen molar-refractivity contribution in [1.82, 2.24) is 4.90 Å². The predicted octanol–water partition coefficient (Wildman–Crippen LogP) is 2.41. The van der Waals surface area contributed by atoms with Crippen LogP contribution in [-0.4, -0.2) is 41.1 Å². The van der Waals surface area contributed by atoms with E-state index in [9.17, 15) is 9.59 Å². The number of likely N-dealkylation sites (tertiary alicyclic amines) is 1. The maximum atomic E-state index is 12.5. The number of carbonyl (C=O) groups excluding carboxylic acids is 1. The lowest BCUT2D eigenvalue weighted by Crippen LogP contribution is -2.40. The molecule has 0 unspecified atom stereocenters. The van der Waals surface area contributed by atoms with E-state index in [0.29, 0.717) is 36.8 Å². The predicted molar refractivity (Wildman–Crippen MR) is 78.5 cm³/mol. The average Bonchev–Trinajstić information content (AvgIpc) is 2.94. The van der Waals surface area contributed by atoms with Crippen molar-refractivity contribution in [1.29, 1.82) is 0 Å². The first-order valence-electron chi connectivity index (χ1n) is 7.25. The largest absolute Gasteiger partial charge is 0.493 e. The number of aliphatic carboxylic acids is 1. The Morgan fingerprint density at radius 3 is 2.86 bits per heavy atom. The Morgan fingerprint density at radius 1 is 1.43 bits per heavy atom. The van der Waals surface area contributed by atoms with Gasteiger partial charge in [0.2, 0.25) is 0 Å². The summed E-state index contributed by atoms with van der Waals surface area (Å²) in [4.78, 5) is 25.1. The van der Waals surface area contributed by atoms with E-state index >= 15 is 0 Å². The second-order valence-corrected chi connectivity index (χ2v) is 5.73. The monoisotopic (exact) mass is 291 g/mol. The molecule has 5 heteroatoms. The van der Waals surface area contributed by atoms with E-state index in [1.807, 2.05) is 0 Å². The van der Waals surface area contributed by atoms with Gasteiger partial charge in [-0.05, 0) is 37.0 Å². The van der Waals surface area contributed by atoms with Crippen LogP contribution in [0, 0.1) is 5.92 Å². The van der Waals surface area contributed by atoms with E-state index in [0.717, 1.165) is 6.42 Å². The van der Waals surface area contributed by atoms with Crippen molar-refractivity contribution in [3.8, 4) is 5.75 Å². The van der Waals surface area contributed by atoms with Crippen LogP contribution >= 0.6 is 0 Å². The minimum atomic E-state index is -0.937. The van der Waals surface area contributed by atoms with Crippen molar-refractivity contribution in [3.05, 3.63) is 29.8 Å². The summed E-state index contributed by atoms with van der Waals surface area (Å²) < 4.78 is 5.61. The number of nitrogens with zero attached hydrogens (tertiary/aromatic N) is 1. The van der Waals surface area contributed by atoms with Gasteiger partial charge in [0.05, 0.1) is 6.61 Å². The molecule has 1 fully saturated rings. The molecule has 0 spiro atoms. The van der Waals surface area contributed by atoms with Crippen LogP contribution in [0.15, 0.2) is 24.3 Å². The number of rotatable bonds is 5. The van der Waals surface area contributed by atoms with Crippen molar-refractivity contribution in [3.63, 3.8) is 0 Å². The minimum absolute atomic E-state index is 0.241. The van der Waals surface area contributed by atoms with Gasteiger partial charge in [-0.15, -0.1) is 0 Å². The standard InChI is InChI=1S/C16H21NO4/c1-11(2)10-21-13-6-3-5-12(9-13)15(18)17-8-4-7-14(17)16(19)20/h3,5-6,9,11,14H,4,7-8,10H2,1-2H3,(H,19,20)/t14-/m1/s1. The fourth-order valence-corrected chi connectivity index (χ4v) is 2.41. The number of hydrogen-bond acceptors (Lipinski definition) is 3. The Bertz CT molecular complexity index is 527. The molecular formula is C16H21NO4. The molecule has 5 nitrogen and oxygen atoms in total. The van der Waals surface area contributed by atoms with Crippen LogP contribution in [0.3, 0.4) is 0 Å². The highest BCUT2D eigenvalue weighted by molar-refractivity contribution is 5.97. The molecule has 2 rings (SSSR count). The van der Waals surface area contributed by atoms with Gasteiger partial charge < -0.3 is 14.7 Å². The fourth-order valence-electron chi connectivity index (χ4n) is 2.41. The van der Waals surface area contributed by atoms with E-state index < -0.39 is 12.0 Å². The van der Waals surface area contributed by atoms with Crippen LogP contribution in [0.4, 0.5) is 0 Å². The lowest BCUT2D eigenvalue weighted by molar-refractivity contribution is -0.141. The van der Waals surface area contributed by atoms with Crippen molar-refractivity contribution in [2.75, 3.05) is 13.2 Å². The summed E-state index contributed by atoms with van der Waals surface area (Å²) in [6, 6.07) is 6.23. The number of carboxylic acids is 1. The average molecular weight is 291 g/mol. The van der Waals surface area contributed by atoms with Gasteiger partial charge in [0.15, 0.2) is 0 Å². The lowest BCUT2D eigenvalue weighted by atomic mass is 10.1. The van der Waals surface area contributed by atoms with Gasteiger partial charge in [-0.3, -0.25) is 4.79 Å². The zero-order valence-electron chi connectivity index (χ0n) is 12.4. The van der Waals surface area contributed by atoms with Gasteiger partial charge in [-0.25, -0.2) is 4.79 Å². The molecule has 1 heterocycles. The number of hydrogen-bond donors (Lipinski definition) is 1. The normalized spacial score (nSPS) is 18.0. The maximum absolute atomic E-state index is 12.5. The second-order valence-electron chi connectivity index (χ2n) is 5.73. The minimum Gasteiger partial charge on any atom is -0.493 e. The summed E-state index contributed by atoms with van der Waals surface area (Å²) in [6.07, 6.45) is 1.25. The molecule has 1 atom stereocenters. The molecule has 0 aliphatic carbocycles. The molecule has 1 amide bonds. The molecule has 21 heavy (non-hydrogen) atoms. The third-order valence-electron chi connectivity index (χ3n) is 3.46. The smallest absolute Gasteiger partial charge is 0.326 e. The molecule has 1 aromatic carbocycles. The van der Waals surface area contributed by atoms with E-state index in [1.54, 1.807) is 24.3 Å². The van der Waals surface area contributed by atoms with Gasteiger partial charge >= 0.3 is 5.97 Å². The lowest BCUT2D eigenvalue weighted by Gasteiger charge is -2.21. The topological polar surface area (TPSA) is 66.8 Å². The van der Waals surface area contributed by atoms with E-state index in [4.69, 9.17) is 9.84 Å². The molecule has 0 aromatic heterocycles. The molecule has 1 aromatic rings. The van der Waals surface area contributed by atoms with Crippen LogP contribution in [0.2, 0.25) is 0 Å². The zero-order chi connectivity index (χ0) is 15.4. The summed E-state index contributed by atoms with van der Waals surface area (Å²) in [6.45, 7) is 5.18. The quantitative estimate of drug-likeness (QED) is 0.904. The summed E-state index contributed by atoms with van der Waals surface area (Å²) >= 11 is 0. The molecule has 1 aliphatic rings. The Morgan fingerprint density at radius 2 is 2.19 bits per heavy atom. The van der Waals surface area contributed by atoms with Gasteiger partial charge in [-0.1, -0.05) is 19.9 Å². The summed E-state index contributed by atoms with van der Waals surface area (Å²) in [5.74, 6) is -0.136. The molecule has 0 radical (unpaired) electrons. The van der Waals surface area contributed by atoms with Crippen molar-refractivity contribution in [2.45, 2.75) is 32.7 Å². The maximum Gasteiger partial charge on any atom is 0.326 e. The van der Waals surface area contributed by atoms with Gasteiger partial charge in [0, 0.05) is 12.1 Å². The van der Waals surface area contributed by atoms with Crippen LogP contribution in [0.5, 0.6) is 5.75 Å². The number of carboxylic acid groups (broad SMARTS) is 1. The van der Waals surface area contributed by atoms with E-state index in [-0.39, 0.29) is 5.91 Å². The first kappa shape index (κ1) is 15.4. The SMILES string of the molecule is CC(C)COc1cccc(C(=O)N2CCC[C@@H]2C(=O)O)c1. The highest BCUT2D eigenvalue weighted by Crippen LogP contribution is 2.22. The Kier molecular flexibility index (Phi) is 4.83. The van der Waals surface area contributed by atoms with Crippen LogP contribution in [-0.2, 0) is 4.79 Å². The first-order valence-corrected chi connectivity index (χ1v) is 7.25. The molecule has 0 bridgehead atoms. The highest BCUT2D eigenvalue weighted by Gasteiger charge is 2.34. The number of amides is 1. The van der Waals surface area contributed by atoms with Crippen LogP contribution < -0.4 is 4.74 Å². The summed E-state index contributed by atoms with van der Waals surface area (Å²) in [5, 5.41) is 9.16. The van der Waals surface area contributed by atoms with Gasteiger partial charge in [-0.2, -0.15) is 0 Å². The number of benzene rings is 1. The molecule has 1 saturated heterocycles. The van der Waals surface area contributed by atoms with E-state index in [2.05, 4.69) is 13.8 Å². The molecule has 0 saturated carbocycles. The van der Waals surface area contributed by atoms with Crippen LogP contribution in [0.25, 0.3) is 0 Å². The zero-order valence-corrected chi connectivity index (χ0v) is 12.4. The van der Waals surface area contributed by atoms with Gasteiger partial charge in [0.25, 0.3) is 5.91 Å². The molecule has 114 valence electrons. The number of ether oxygens (including phenoxy) is 1. The van der Waals surface area contributed by atoms with E-state index in [1.165, 1.54) is 4.90 Å². The summed E-state index contributed by atoms with van der Waals surface area (Å²) in [5.41, 5.74) is 0.476. The molecular weight excluding hydrogens is 270 g/mol. The Labute approximate surface area is 124 Å². The fraction of sp³-hybridized carbons (Fsp3) is 0.500. The van der Waals surface area contributed by atoms with Crippen molar-refractivity contribution >= 4 is 11.9 Å². The number of carbonyl (C=O) groups is 2. The highest BCUT2D eigenvalue weighted by atomic mass is 16.5. The summed E-state index contributed by atoms with van der Waals surface area (Å²) in [7, 11) is 0. The van der Waals surface area contributed by atoms with Crippen molar-refractivity contribution < 1.29 is 19.4 Å². The Balaban J connectivity index is 2.12. The molecule has 1 aliphatic heterocycles. The third-order valence-corrected chi connectivity index (χ3v) is 3.46. The van der Waals surface area contributed by atoms with Crippen molar-refractivity contribution in [2.24, 2.45) is 5.92 Å².